The molecule has 102 valence electrons. The van der Waals surface area contributed by atoms with Gasteiger partial charge in [-0.2, -0.15) is 0 Å². The maximum Gasteiger partial charge on any atom is 0.0898 e. The Labute approximate surface area is 127 Å². The summed E-state index contributed by atoms with van der Waals surface area (Å²) < 4.78 is 0. The molecule has 0 aliphatic heterocycles. The molecule has 1 aromatic carbocycles. The average molecular weight is 315 g/mol. The summed E-state index contributed by atoms with van der Waals surface area (Å²) in [6, 6.07) is 5.75. The molecule has 1 aromatic heterocycles. The summed E-state index contributed by atoms with van der Waals surface area (Å²) in [5.41, 5.74) is 2.12. The monoisotopic (exact) mass is 314 g/mol. The SMILES string of the molecule is CCNC(Cc1cc(Cl)ccc1Cl)c1csc(C)n1. The van der Waals surface area contributed by atoms with Gasteiger partial charge in [-0.3, -0.25) is 0 Å². The first kappa shape index (κ1) is 14.8. The fourth-order valence-corrected chi connectivity index (χ4v) is 3.04. The smallest absolute Gasteiger partial charge is 0.0898 e. The molecule has 0 amide bonds. The maximum absolute atomic E-state index is 6.23. The zero-order valence-corrected chi connectivity index (χ0v) is 13.2. The van der Waals surface area contributed by atoms with Gasteiger partial charge in [0.25, 0.3) is 0 Å². The Balaban J connectivity index is 2.23. The highest BCUT2D eigenvalue weighted by Gasteiger charge is 2.16. The minimum Gasteiger partial charge on any atom is -0.309 e. The fraction of sp³-hybridized carbons (Fsp3) is 0.357. The molecule has 2 aromatic rings. The Kier molecular flexibility index (Phi) is 5.22. The van der Waals surface area contributed by atoms with Crippen molar-refractivity contribution < 1.29 is 0 Å². The van der Waals surface area contributed by atoms with Gasteiger partial charge in [0.05, 0.1) is 16.7 Å². The molecule has 1 heterocycles. The summed E-state index contributed by atoms with van der Waals surface area (Å²) in [5.74, 6) is 0. The van der Waals surface area contributed by atoms with Crippen LogP contribution in [0.5, 0.6) is 0 Å². The molecular weight excluding hydrogens is 299 g/mol. The van der Waals surface area contributed by atoms with E-state index in [1.54, 1.807) is 11.3 Å². The second kappa shape index (κ2) is 6.71. The molecule has 0 saturated carbocycles. The lowest BCUT2D eigenvalue weighted by molar-refractivity contribution is 0.538. The summed E-state index contributed by atoms with van der Waals surface area (Å²) in [5, 5.41) is 8.09. The van der Waals surface area contributed by atoms with E-state index in [9.17, 15) is 0 Å². The fourth-order valence-electron chi connectivity index (χ4n) is 1.99. The molecule has 2 nitrogen and oxygen atoms in total. The van der Waals surface area contributed by atoms with Gasteiger partial charge in [0, 0.05) is 15.4 Å². The number of aryl methyl sites for hydroxylation is 1. The first-order valence-corrected chi connectivity index (χ1v) is 7.83. The van der Waals surface area contributed by atoms with Crippen LogP contribution in [0.1, 0.15) is 29.2 Å². The number of hydrogen-bond donors (Lipinski definition) is 1. The Morgan fingerprint density at radius 2 is 2.16 bits per heavy atom. The van der Waals surface area contributed by atoms with Gasteiger partial charge in [-0.1, -0.05) is 30.1 Å². The van der Waals surface area contributed by atoms with E-state index in [1.165, 1.54) is 0 Å². The number of nitrogens with zero attached hydrogens (tertiary/aromatic N) is 1. The number of benzene rings is 1. The summed E-state index contributed by atoms with van der Waals surface area (Å²) in [6.07, 6.45) is 0.788. The molecule has 0 aliphatic rings. The van der Waals surface area contributed by atoms with E-state index in [0.717, 1.165) is 34.3 Å². The summed E-state index contributed by atoms with van der Waals surface area (Å²) >= 11 is 13.9. The van der Waals surface area contributed by atoms with E-state index in [0.29, 0.717) is 5.02 Å². The van der Waals surface area contributed by atoms with Crippen LogP contribution in [-0.2, 0) is 6.42 Å². The second-order valence-corrected chi connectivity index (χ2v) is 6.25. The summed E-state index contributed by atoms with van der Waals surface area (Å²) in [4.78, 5) is 4.56. The van der Waals surface area contributed by atoms with E-state index in [2.05, 4.69) is 22.6 Å². The summed E-state index contributed by atoms with van der Waals surface area (Å²) in [6.45, 7) is 4.99. The van der Waals surface area contributed by atoms with Crippen LogP contribution in [0.4, 0.5) is 0 Å². The number of hydrogen-bond acceptors (Lipinski definition) is 3. The highest BCUT2D eigenvalue weighted by molar-refractivity contribution is 7.09. The number of likely N-dealkylation sites (N-methyl/N-ethyl adjacent to an activating group) is 1. The highest BCUT2D eigenvalue weighted by atomic mass is 35.5. The van der Waals surface area contributed by atoms with E-state index in [-0.39, 0.29) is 6.04 Å². The van der Waals surface area contributed by atoms with E-state index >= 15 is 0 Å². The first-order chi connectivity index (χ1) is 9.10. The van der Waals surface area contributed by atoms with E-state index < -0.39 is 0 Å². The van der Waals surface area contributed by atoms with Gasteiger partial charge >= 0.3 is 0 Å². The molecule has 0 aliphatic carbocycles. The highest BCUT2D eigenvalue weighted by Crippen LogP contribution is 2.26. The molecule has 19 heavy (non-hydrogen) atoms. The van der Waals surface area contributed by atoms with Crippen LogP contribution in [0.2, 0.25) is 10.0 Å². The van der Waals surface area contributed by atoms with E-state index in [1.807, 2.05) is 25.1 Å². The zero-order valence-electron chi connectivity index (χ0n) is 10.9. The Hall–Kier alpha value is -0.610. The van der Waals surface area contributed by atoms with Gasteiger partial charge in [0.2, 0.25) is 0 Å². The number of aromatic nitrogens is 1. The van der Waals surface area contributed by atoms with Crippen molar-refractivity contribution in [2.24, 2.45) is 0 Å². The molecule has 2 rings (SSSR count). The third kappa shape index (κ3) is 3.93. The molecule has 0 fully saturated rings. The van der Waals surface area contributed by atoms with E-state index in [4.69, 9.17) is 23.2 Å². The molecule has 1 N–H and O–H groups in total. The minimum atomic E-state index is 0.172. The lowest BCUT2D eigenvalue weighted by atomic mass is 10.0. The number of halogens is 2. The van der Waals surface area contributed by atoms with Crippen molar-refractivity contribution in [3.05, 3.63) is 49.9 Å². The van der Waals surface area contributed by atoms with Gasteiger partial charge < -0.3 is 5.32 Å². The number of nitrogens with one attached hydrogen (secondary N) is 1. The molecular formula is C14H16Cl2N2S. The van der Waals surface area contributed by atoms with Gasteiger partial charge in [-0.05, 0) is 43.7 Å². The summed E-state index contributed by atoms with van der Waals surface area (Å²) in [7, 11) is 0. The molecule has 5 heteroatoms. The van der Waals surface area contributed by atoms with Crippen molar-refractivity contribution in [3.8, 4) is 0 Å². The zero-order chi connectivity index (χ0) is 13.8. The van der Waals surface area contributed by atoms with Crippen molar-refractivity contribution in [3.63, 3.8) is 0 Å². The quantitative estimate of drug-likeness (QED) is 0.868. The van der Waals surface area contributed by atoms with Crippen LogP contribution >= 0.6 is 34.5 Å². The molecule has 0 saturated heterocycles. The molecule has 0 bridgehead atoms. The minimum absolute atomic E-state index is 0.172. The van der Waals surface area contributed by atoms with Gasteiger partial charge in [0.15, 0.2) is 0 Å². The Bertz CT molecular complexity index is 554. The van der Waals surface area contributed by atoms with Crippen LogP contribution in [0.3, 0.4) is 0 Å². The third-order valence-electron chi connectivity index (χ3n) is 2.88. The number of thiazole rings is 1. The van der Waals surface area contributed by atoms with Crippen LogP contribution < -0.4 is 5.32 Å². The molecule has 0 radical (unpaired) electrons. The predicted octanol–water partition coefficient (Wildman–Crippen LogP) is 4.65. The average Bonchev–Trinajstić information content (AvgIpc) is 2.80. The standard InChI is InChI=1S/C14H16Cl2N2S/c1-3-17-13(14-8-19-9(2)18-14)7-10-6-11(15)4-5-12(10)16/h4-6,8,13,17H,3,7H2,1-2H3. The van der Waals surface area contributed by atoms with Crippen molar-refractivity contribution in [1.82, 2.24) is 10.3 Å². The lowest BCUT2D eigenvalue weighted by Crippen LogP contribution is -2.23. The van der Waals surface area contributed by atoms with Crippen molar-refractivity contribution in [2.45, 2.75) is 26.3 Å². The first-order valence-electron chi connectivity index (χ1n) is 6.19. The van der Waals surface area contributed by atoms with Crippen LogP contribution in [0.15, 0.2) is 23.6 Å². The largest absolute Gasteiger partial charge is 0.309 e. The third-order valence-corrected chi connectivity index (χ3v) is 4.27. The van der Waals surface area contributed by atoms with Crippen molar-refractivity contribution in [1.29, 1.82) is 0 Å². The Morgan fingerprint density at radius 1 is 1.37 bits per heavy atom. The van der Waals surface area contributed by atoms with Crippen LogP contribution in [0, 0.1) is 6.92 Å². The normalized spacial score (nSPS) is 12.6. The predicted molar refractivity (Wildman–Crippen MR) is 83.4 cm³/mol. The molecule has 1 unspecified atom stereocenters. The topological polar surface area (TPSA) is 24.9 Å². The van der Waals surface area contributed by atoms with Gasteiger partial charge in [-0.25, -0.2) is 4.98 Å². The van der Waals surface area contributed by atoms with Gasteiger partial charge in [-0.15, -0.1) is 11.3 Å². The van der Waals surface area contributed by atoms with Crippen molar-refractivity contribution >= 4 is 34.5 Å². The molecule has 1 atom stereocenters. The second-order valence-electron chi connectivity index (χ2n) is 4.34. The van der Waals surface area contributed by atoms with Crippen molar-refractivity contribution in [2.75, 3.05) is 6.54 Å². The molecule has 0 spiro atoms. The Morgan fingerprint density at radius 3 is 2.79 bits per heavy atom. The van der Waals surface area contributed by atoms with Crippen LogP contribution in [0.25, 0.3) is 0 Å². The number of rotatable bonds is 5. The lowest BCUT2D eigenvalue weighted by Gasteiger charge is -2.17. The maximum atomic E-state index is 6.23. The van der Waals surface area contributed by atoms with Crippen LogP contribution in [-0.4, -0.2) is 11.5 Å². The van der Waals surface area contributed by atoms with Gasteiger partial charge in [0.1, 0.15) is 0 Å².